The monoisotopic (exact) mass is 580 g/mol. The fourth-order valence-corrected chi connectivity index (χ4v) is 7.42. The van der Waals surface area contributed by atoms with Crippen LogP contribution in [0.1, 0.15) is 49.9 Å². The Morgan fingerprint density at radius 2 is 1.84 bits per heavy atom. The van der Waals surface area contributed by atoms with Crippen LogP contribution in [0.5, 0.6) is 5.75 Å². The first-order valence-corrected chi connectivity index (χ1v) is 15.1. The number of carbonyl (C=O) groups is 1. The molecule has 0 bridgehead atoms. The van der Waals surface area contributed by atoms with E-state index in [1.165, 1.54) is 11.3 Å². The van der Waals surface area contributed by atoms with E-state index in [1.807, 2.05) is 51.0 Å². The maximum atomic E-state index is 13.7. The van der Waals surface area contributed by atoms with Crippen molar-refractivity contribution in [3.05, 3.63) is 48.0 Å². The topological polar surface area (TPSA) is 83.0 Å². The molecule has 208 valence electrons. The van der Waals surface area contributed by atoms with Gasteiger partial charge in [-0.05, 0) is 76.7 Å². The second-order valence-corrected chi connectivity index (χ2v) is 12.4. The number of fused-ring (bicyclic) bond motifs is 1. The van der Waals surface area contributed by atoms with Crippen LogP contribution in [0.4, 0.5) is 5.13 Å². The molecule has 0 aliphatic carbocycles. The lowest BCUT2D eigenvalue weighted by molar-refractivity contribution is 0.0985. The molecule has 0 saturated carbocycles. The summed E-state index contributed by atoms with van der Waals surface area (Å²) in [5, 5.41) is 0.588. The Labute approximate surface area is 236 Å². The van der Waals surface area contributed by atoms with Crippen LogP contribution in [0, 0.1) is 0 Å². The Balaban J connectivity index is 0.00000400. The molecule has 1 fully saturated rings. The molecule has 38 heavy (non-hydrogen) atoms. The van der Waals surface area contributed by atoms with Crippen molar-refractivity contribution in [3.8, 4) is 5.75 Å². The van der Waals surface area contributed by atoms with Crippen molar-refractivity contribution in [1.82, 2.24) is 14.2 Å². The number of ether oxygens (including phenoxy) is 1. The highest BCUT2D eigenvalue weighted by atomic mass is 35.5. The first kappa shape index (κ1) is 30.3. The van der Waals surface area contributed by atoms with Crippen molar-refractivity contribution in [3.63, 3.8) is 0 Å². The largest absolute Gasteiger partial charge is 0.492 e. The standard InChI is InChI=1S/C27H36N4O4S2.ClH/c1-5-21-10-7-8-17-31(21)37(33,34)22-15-13-20(14-16-22)26(32)30(19-18-29(3)4)27-28-25-23(35-6-2)11-9-12-24(25)36-27;/h9,11-16,21H,5-8,10,17-19H2,1-4H3;1H. The highest BCUT2D eigenvalue weighted by Crippen LogP contribution is 2.35. The number of sulfonamides is 1. The molecule has 1 amide bonds. The minimum atomic E-state index is -3.61. The van der Waals surface area contributed by atoms with Crippen LogP contribution in [-0.4, -0.2) is 74.9 Å². The molecule has 1 aromatic heterocycles. The number of likely N-dealkylation sites (N-methyl/N-ethyl adjacent to an activating group) is 1. The smallest absolute Gasteiger partial charge is 0.260 e. The molecule has 1 aliphatic rings. The lowest BCUT2D eigenvalue weighted by atomic mass is 10.0. The predicted octanol–water partition coefficient (Wildman–Crippen LogP) is 5.28. The van der Waals surface area contributed by atoms with Gasteiger partial charge in [0.1, 0.15) is 11.3 Å². The minimum Gasteiger partial charge on any atom is -0.492 e. The molecule has 1 atom stereocenters. The van der Waals surface area contributed by atoms with Gasteiger partial charge in [-0.25, -0.2) is 13.4 Å². The normalized spacial score (nSPS) is 16.4. The van der Waals surface area contributed by atoms with Crippen LogP contribution in [0.25, 0.3) is 10.2 Å². The van der Waals surface area contributed by atoms with Crippen molar-refractivity contribution in [2.45, 2.75) is 50.5 Å². The maximum absolute atomic E-state index is 13.7. The zero-order chi connectivity index (χ0) is 26.6. The summed E-state index contributed by atoms with van der Waals surface area (Å²) >= 11 is 1.44. The van der Waals surface area contributed by atoms with Gasteiger partial charge in [-0.3, -0.25) is 9.69 Å². The molecule has 4 rings (SSSR count). The molecule has 1 saturated heterocycles. The third-order valence-electron chi connectivity index (χ3n) is 6.67. The second kappa shape index (κ2) is 13.2. The number of para-hydroxylation sites is 1. The molecule has 11 heteroatoms. The van der Waals surface area contributed by atoms with Crippen molar-refractivity contribution in [1.29, 1.82) is 0 Å². The highest BCUT2D eigenvalue weighted by Gasteiger charge is 2.32. The molecule has 0 radical (unpaired) electrons. The molecule has 0 spiro atoms. The zero-order valence-corrected chi connectivity index (χ0v) is 24.9. The summed E-state index contributed by atoms with van der Waals surface area (Å²) in [5.41, 5.74) is 1.16. The second-order valence-electron chi connectivity index (χ2n) is 9.49. The van der Waals surface area contributed by atoms with Gasteiger partial charge < -0.3 is 9.64 Å². The van der Waals surface area contributed by atoms with E-state index < -0.39 is 10.0 Å². The summed E-state index contributed by atoms with van der Waals surface area (Å²) in [4.78, 5) is 22.4. The highest BCUT2D eigenvalue weighted by molar-refractivity contribution is 7.89. The van der Waals surface area contributed by atoms with Gasteiger partial charge in [-0.2, -0.15) is 4.31 Å². The lowest BCUT2D eigenvalue weighted by Crippen LogP contribution is -2.43. The van der Waals surface area contributed by atoms with E-state index in [4.69, 9.17) is 9.72 Å². The number of nitrogens with zero attached hydrogens (tertiary/aromatic N) is 4. The van der Waals surface area contributed by atoms with E-state index in [0.717, 1.165) is 35.9 Å². The van der Waals surface area contributed by atoms with Crippen LogP contribution in [-0.2, 0) is 10.0 Å². The van der Waals surface area contributed by atoms with Gasteiger partial charge in [-0.1, -0.05) is 30.7 Å². The van der Waals surface area contributed by atoms with Crippen LogP contribution < -0.4 is 9.64 Å². The van der Waals surface area contributed by atoms with Crippen molar-refractivity contribution < 1.29 is 17.9 Å². The quantitative estimate of drug-likeness (QED) is 0.324. The predicted molar refractivity (Wildman–Crippen MR) is 157 cm³/mol. The van der Waals surface area contributed by atoms with Gasteiger partial charge >= 0.3 is 0 Å². The number of piperidine rings is 1. The molecule has 3 aromatic rings. The van der Waals surface area contributed by atoms with Gasteiger partial charge in [0, 0.05) is 31.2 Å². The van der Waals surface area contributed by atoms with Gasteiger partial charge in [0.25, 0.3) is 5.91 Å². The van der Waals surface area contributed by atoms with Crippen molar-refractivity contribution in [2.75, 3.05) is 45.2 Å². The van der Waals surface area contributed by atoms with Gasteiger partial charge in [-0.15, -0.1) is 12.4 Å². The number of thiazole rings is 1. The third-order valence-corrected chi connectivity index (χ3v) is 9.68. The molecular weight excluding hydrogens is 544 g/mol. The number of hydrogen-bond donors (Lipinski definition) is 0. The molecule has 2 aromatic carbocycles. The number of halogens is 1. The van der Waals surface area contributed by atoms with Crippen LogP contribution >= 0.6 is 23.7 Å². The van der Waals surface area contributed by atoms with Gasteiger partial charge in [0.15, 0.2) is 5.13 Å². The first-order valence-electron chi connectivity index (χ1n) is 12.9. The Hall–Kier alpha value is -2.24. The summed E-state index contributed by atoms with van der Waals surface area (Å²) in [6.07, 6.45) is 3.61. The van der Waals surface area contributed by atoms with E-state index in [0.29, 0.717) is 42.7 Å². The first-order chi connectivity index (χ1) is 17.8. The number of aromatic nitrogens is 1. The number of benzene rings is 2. The van der Waals surface area contributed by atoms with E-state index in [2.05, 4.69) is 0 Å². The maximum Gasteiger partial charge on any atom is 0.260 e. The number of carbonyl (C=O) groups excluding carboxylic acids is 1. The fraction of sp³-hybridized carbons (Fsp3) is 0.481. The summed E-state index contributed by atoms with van der Waals surface area (Å²) in [6.45, 7) is 6.13. The molecular formula is C27H37ClN4O4S2. The Morgan fingerprint density at radius 3 is 2.50 bits per heavy atom. The van der Waals surface area contributed by atoms with E-state index in [1.54, 1.807) is 33.5 Å². The van der Waals surface area contributed by atoms with E-state index >= 15 is 0 Å². The summed E-state index contributed by atoms with van der Waals surface area (Å²) < 4.78 is 35.0. The fourth-order valence-electron chi connectivity index (χ4n) is 4.64. The summed E-state index contributed by atoms with van der Waals surface area (Å²) in [6, 6.07) is 12.1. The summed E-state index contributed by atoms with van der Waals surface area (Å²) in [5.74, 6) is 0.479. The number of hydrogen-bond acceptors (Lipinski definition) is 7. The number of amides is 1. The van der Waals surface area contributed by atoms with Crippen LogP contribution in [0.15, 0.2) is 47.4 Å². The van der Waals surface area contributed by atoms with E-state index in [-0.39, 0.29) is 29.3 Å². The number of rotatable bonds is 10. The minimum absolute atomic E-state index is 0. The van der Waals surface area contributed by atoms with Crippen LogP contribution in [0.3, 0.4) is 0 Å². The molecule has 1 unspecified atom stereocenters. The van der Waals surface area contributed by atoms with Gasteiger partial charge in [0.05, 0.1) is 16.2 Å². The SMILES string of the molecule is CCOc1cccc2sc(N(CCN(C)C)C(=O)c3ccc(S(=O)(=O)N4CCCCC4CC)cc3)nc12.Cl. The number of anilines is 1. The van der Waals surface area contributed by atoms with Gasteiger partial charge in [0.2, 0.25) is 10.0 Å². The molecule has 8 nitrogen and oxygen atoms in total. The van der Waals surface area contributed by atoms with Crippen LogP contribution in [0.2, 0.25) is 0 Å². The molecule has 0 N–H and O–H groups in total. The van der Waals surface area contributed by atoms with E-state index in [9.17, 15) is 13.2 Å². The van der Waals surface area contributed by atoms with Crippen molar-refractivity contribution >= 4 is 55.0 Å². The Morgan fingerprint density at radius 1 is 1.11 bits per heavy atom. The summed E-state index contributed by atoms with van der Waals surface area (Å²) in [7, 11) is 0.303. The lowest BCUT2D eigenvalue weighted by Gasteiger charge is -2.34. The van der Waals surface area contributed by atoms with Crippen molar-refractivity contribution in [2.24, 2.45) is 0 Å². The third kappa shape index (κ3) is 6.48. The Bertz CT molecular complexity index is 1330. The average molecular weight is 581 g/mol. The Kier molecular flexibility index (Phi) is 10.5. The zero-order valence-electron chi connectivity index (χ0n) is 22.4. The average Bonchev–Trinajstić information content (AvgIpc) is 3.33. The molecule has 1 aliphatic heterocycles. The molecule has 2 heterocycles.